The molecule has 1 saturated heterocycles. The molecule has 1 aliphatic heterocycles. The predicted octanol–water partition coefficient (Wildman–Crippen LogP) is 8.17. The molecule has 0 aromatic carbocycles. The molecule has 7 unspecified atom stereocenters. The van der Waals surface area contributed by atoms with Crippen molar-refractivity contribution >= 4 is 5.91 Å². The van der Waals surface area contributed by atoms with Crippen molar-refractivity contribution in [2.75, 3.05) is 13.2 Å². The fraction of sp³-hybridized carbons (Fsp3) is 0.929. The van der Waals surface area contributed by atoms with Crippen molar-refractivity contribution in [1.29, 1.82) is 0 Å². The molecule has 0 aromatic heterocycles. The van der Waals surface area contributed by atoms with E-state index in [1.807, 2.05) is 6.08 Å². The number of hydrogen-bond acceptors (Lipinski definition) is 8. The molecule has 0 saturated carbocycles. The maximum absolute atomic E-state index is 12.5. The van der Waals surface area contributed by atoms with Crippen LogP contribution in [0.25, 0.3) is 0 Å². The first-order valence-corrected chi connectivity index (χ1v) is 21.4. The summed E-state index contributed by atoms with van der Waals surface area (Å²) >= 11 is 0. The lowest BCUT2D eigenvalue weighted by Crippen LogP contribution is -2.60. The van der Waals surface area contributed by atoms with Crippen LogP contribution in [-0.4, -0.2) is 87.5 Å². The lowest BCUT2D eigenvalue weighted by Gasteiger charge is -2.40. The van der Waals surface area contributed by atoms with Crippen LogP contribution in [0.1, 0.15) is 194 Å². The topological polar surface area (TPSA) is 149 Å². The van der Waals surface area contributed by atoms with E-state index in [1.165, 1.54) is 135 Å². The van der Waals surface area contributed by atoms with Crippen molar-refractivity contribution in [3.63, 3.8) is 0 Å². The largest absolute Gasteiger partial charge is 0.394 e. The van der Waals surface area contributed by atoms with Gasteiger partial charge in [0.25, 0.3) is 0 Å². The van der Waals surface area contributed by atoms with Gasteiger partial charge in [0, 0.05) is 6.42 Å². The summed E-state index contributed by atoms with van der Waals surface area (Å²) in [5.41, 5.74) is 0. The highest BCUT2D eigenvalue weighted by Gasteiger charge is 2.44. The van der Waals surface area contributed by atoms with Gasteiger partial charge in [0.15, 0.2) is 6.29 Å². The maximum Gasteiger partial charge on any atom is 0.220 e. The van der Waals surface area contributed by atoms with Gasteiger partial charge in [-0.25, -0.2) is 0 Å². The summed E-state index contributed by atoms with van der Waals surface area (Å²) in [5, 5.41) is 53.5. The standard InChI is InChI=1S/C42H81NO8/c1-3-5-7-8-9-10-11-12-13-14-15-16-17-18-19-20-21-22-23-24-25-26-27-28-30-31-36(45)35(43-38(46)32-29-6-4-2)34-50-42-41(49)40(48)39(47)37(33-44)51-42/h30-31,35-37,39-42,44-45,47-49H,3-29,32-34H2,1-2H3,(H,43,46)/b31-30+. The minimum Gasteiger partial charge on any atom is -0.394 e. The molecule has 9 heteroatoms. The second kappa shape index (κ2) is 33.5. The van der Waals surface area contributed by atoms with Crippen LogP contribution in [0.4, 0.5) is 0 Å². The Morgan fingerprint density at radius 2 is 1.08 bits per heavy atom. The summed E-state index contributed by atoms with van der Waals surface area (Å²) in [6.45, 7) is 3.60. The van der Waals surface area contributed by atoms with Crippen LogP contribution < -0.4 is 5.32 Å². The quantitative estimate of drug-likeness (QED) is 0.0283. The molecule has 0 radical (unpaired) electrons. The molecular weight excluding hydrogens is 646 g/mol. The average molecular weight is 728 g/mol. The number of amides is 1. The van der Waals surface area contributed by atoms with E-state index < -0.39 is 49.5 Å². The van der Waals surface area contributed by atoms with Crippen LogP contribution >= 0.6 is 0 Å². The van der Waals surface area contributed by atoms with Gasteiger partial charge in [0.05, 0.1) is 25.4 Å². The molecule has 7 atom stereocenters. The van der Waals surface area contributed by atoms with E-state index >= 15 is 0 Å². The third-order valence-corrected chi connectivity index (χ3v) is 10.4. The number of hydrogen-bond donors (Lipinski definition) is 6. The third-order valence-electron chi connectivity index (χ3n) is 10.4. The van der Waals surface area contributed by atoms with Crippen molar-refractivity contribution in [3.8, 4) is 0 Å². The number of allylic oxidation sites excluding steroid dienone is 1. The van der Waals surface area contributed by atoms with Gasteiger partial charge in [-0.2, -0.15) is 0 Å². The van der Waals surface area contributed by atoms with Gasteiger partial charge >= 0.3 is 0 Å². The number of aliphatic hydroxyl groups is 5. The molecule has 0 bridgehead atoms. The molecule has 9 nitrogen and oxygen atoms in total. The molecule has 1 heterocycles. The summed E-state index contributed by atoms with van der Waals surface area (Å²) in [6.07, 6.45) is 30.8. The molecule has 0 spiro atoms. The Kier molecular flexibility index (Phi) is 31.5. The zero-order valence-corrected chi connectivity index (χ0v) is 32.9. The van der Waals surface area contributed by atoms with E-state index in [0.717, 1.165) is 38.5 Å². The Morgan fingerprint density at radius 1 is 0.647 bits per heavy atom. The van der Waals surface area contributed by atoms with E-state index in [-0.39, 0.29) is 12.5 Å². The zero-order valence-electron chi connectivity index (χ0n) is 32.9. The maximum atomic E-state index is 12.5. The van der Waals surface area contributed by atoms with Crippen LogP contribution in [0.15, 0.2) is 12.2 Å². The van der Waals surface area contributed by atoms with Crippen LogP contribution in [0.3, 0.4) is 0 Å². The van der Waals surface area contributed by atoms with E-state index in [0.29, 0.717) is 6.42 Å². The normalized spacial score (nSPS) is 22.1. The molecule has 0 aromatic rings. The van der Waals surface area contributed by atoms with Crippen LogP contribution in [0.2, 0.25) is 0 Å². The second-order valence-corrected chi connectivity index (χ2v) is 15.1. The van der Waals surface area contributed by atoms with Gasteiger partial charge in [0.2, 0.25) is 5.91 Å². The van der Waals surface area contributed by atoms with Gasteiger partial charge < -0.3 is 40.3 Å². The molecule has 1 aliphatic rings. The number of carbonyl (C=O) groups is 1. The first kappa shape index (κ1) is 48.0. The number of carbonyl (C=O) groups excluding carboxylic acids is 1. The number of ether oxygens (including phenoxy) is 2. The van der Waals surface area contributed by atoms with Crippen molar-refractivity contribution in [2.24, 2.45) is 0 Å². The van der Waals surface area contributed by atoms with Gasteiger partial charge in [-0.3, -0.25) is 4.79 Å². The van der Waals surface area contributed by atoms with Gasteiger partial charge in [-0.1, -0.05) is 180 Å². The average Bonchev–Trinajstić information content (AvgIpc) is 3.13. The lowest BCUT2D eigenvalue weighted by atomic mass is 9.99. The Hall–Kier alpha value is -1.07. The SMILES string of the molecule is CCCCCCCCCCCCCCCCCCCCCCCCC/C=C/C(O)C(COC1OC(CO)C(O)C(O)C1O)NC(=O)CCCCC. The molecule has 1 fully saturated rings. The van der Waals surface area contributed by atoms with Gasteiger partial charge in [0.1, 0.15) is 24.4 Å². The minimum absolute atomic E-state index is 0.187. The predicted molar refractivity (Wildman–Crippen MR) is 207 cm³/mol. The number of nitrogens with one attached hydrogen (secondary N) is 1. The summed E-state index contributed by atoms with van der Waals surface area (Å²) in [6, 6.07) is -0.794. The number of rotatable bonds is 35. The zero-order chi connectivity index (χ0) is 37.4. The van der Waals surface area contributed by atoms with E-state index in [9.17, 15) is 30.3 Å². The summed E-state index contributed by atoms with van der Waals surface area (Å²) in [4.78, 5) is 12.5. The van der Waals surface area contributed by atoms with E-state index in [2.05, 4.69) is 19.2 Å². The van der Waals surface area contributed by atoms with Crippen molar-refractivity contribution in [1.82, 2.24) is 5.32 Å². The fourth-order valence-electron chi connectivity index (χ4n) is 6.86. The molecule has 1 amide bonds. The molecule has 6 N–H and O–H groups in total. The van der Waals surface area contributed by atoms with Crippen molar-refractivity contribution < 1.29 is 39.8 Å². The third kappa shape index (κ3) is 24.8. The first-order chi connectivity index (χ1) is 24.8. The van der Waals surface area contributed by atoms with E-state index in [4.69, 9.17) is 9.47 Å². The molecule has 51 heavy (non-hydrogen) atoms. The van der Waals surface area contributed by atoms with Gasteiger partial charge in [-0.15, -0.1) is 0 Å². The Labute approximate surface area is 312 Å². The van der Waals surface area contributed by atoms with Gasteiger partial charge in [-0.05, 0) is 19.3 Å². The fourth-order valence-corrected chi connectivity index (χ4v) is 6.86. The minimum atomic E-state index is -1.56. The molecule has 0 aliphatic carbocycles. The van der Waals surface area contributed by atoms with Crippen LogP contribution in [0, 0.1) is 0 Å². The highest BCUT2D eigenvalue weighted by Crippen LogP contribution is 2.22. The Bertz CT molecular complexity index is 812. The summed E-state index contributed by atoms with van der Waals surface area (Å²) < 4.78 is 11.1. The van der Waals surface area contributed by atoms with Crippen LogP contribution in [0.5, 0.6) is 0 Å². The first-order valence-electron chi connectivity index (χ1n) is 21.4. The van der Waals surface area contributed by atoms with E-state index in [1.54, 1.807) is 6.08 Å². The molecule has 302 valence electrons. The smallest absolute Gasteiger partial charge is 0.220 e. The van der Waals surface area contributed by atoms with Crippen molar-refractivity contribution in [3.05, 3.63) is 12.2 Å². The Morgan fingerprint density at radius 3 is 1.53 bits per heavy atom. The van der Waals surface area contributed by atoms with Crippen molar-refractivity contribution in [2.45, 2.75) is 236 Å². The molecule has 1 rings (SSSR count). The Balaban J connectivity index is 2.12. The number of unbranched alkanes of at least 4 members (excludes halogenated alkanes) is 25. The monoisotopic (exact) mass is 728 g/mol. The second-order valence-electron chi connectivity index (χ2n) is 15.1. The summed E-state index contributed by atoms with van der Waals surface area (Å²) in [7, 11) is 0. The lowest BCUT2D eigenvalue weighted by molar-refractivity contribution is -0.302. The summed E-state index contributed by atoms with van der Waals surface area (Å²) in [5.74, 6) is -0.201. The highest BCUT2D eigenvalue weighted by atomic mass is 16.7. The molecular formula is C42H81NO8. The highest BCUT2D eigenvalue weighted by molar-refractivity contribution is 5.76. The van der Waals surface area contributed by atoms with Crippen LogP contribution in [-0.2, 0) is 14.3 Å². The number of aliphatic hydroxyl groups excluding tert-OH is 5.